The third-order valence-electron chi connectivity index (χ3n) is 4.89. The number of amides is 1. The van der Waals surface area contributed by atoms with Gasteiger partial charge in [-0.15, -0.1) is 0 Å². The second-order valence-electron chi connectivity index (χ2n) is 6.64. The van der Waals surface area contributed by atoms with Gasteiger partial charge in [-0.05, 0) is 12.0 Å². The van der Waals surface area contributed by atoms with Gasteiger partial charge >= 0.3 is 0 Å². The first-order valence-electron chi connectivity index (χ1n) is 8.61. The van der Waals surface area contributed by atoms with E-state index in [9.17, 15) is 4.79 Å². The Bertz CT molecular complexity index is 698. The summed E-state index contributed by atoms with van der Waals surface area (Å²) in [4.78, 5) is 14.5. The van der Waals surface area contributed by atoms with Crippen molar-refractivity contribution in [2.45, 2.75) is 25.6 Å². The first kappa shape index (κ1) is 15.2. The van der Waals surface area contributed by atoms with E-state index in [0.29, 0.717) is 12.5 Å². The average molecular weight is 325 g/mol. The number of aromatic nitrogens is 2. The van der Waals surface area contributed by atoms with Gasteiger partial charge in [0.2, 0.25) is 5.91 Å². The van der Waals surface area contributed by atoms with E-state index in [-0.39, 0.29) is 11.9 Å². The molecule has 1 amide bonds. The molecule has 3 heterocycles. The normalized spacial score (nSPS) is 23.2. The lowest BCUT2D eigenvalue weighted by Gasteiger charge is -2.26. The third kappa shape index (κ3) is 3.14. The molecule has 2 aliphatic heterocycles. The Hall–Kier alpha value is -2.34. The van der Waals surface area contributed by atoms with Crippen LogP contribution in [-0.4, -0.2) is 46.3 Å². The Labute approximate surface area is 141 Å². The Morgan fingerprint density at radius 3 is 3.00 bits per heavy atom. The van der Waals surface area contributed by atoms with E-state index in [1.807, 2.05) is 40.0 Å². The van der Waals surface area contributed by atoms with Gasteiger partial charge in [-0.3, -0.25) is 4.79 Å². The van der Waals surface area contributed by atoms with Gasteiger partial charge in [-0.2, -0.15) is 5.10 Å². The molecular formula is C18H23N5O. The van der Waals surface area contributed by atoms with Crippen LogP contribution in [0.25, 0.3) is 0 Å². The van der Waals surface area contributed by atoms with Crippen LogP contribution in [0.4, 0.5) is 5.82 Å². The van der Waals surface area contributed by atoms with E-state index < -0.39 is 0 Å². The quantitative estimate of drug-likeness (QED) is 0.870. The molecule has 24 heavy (non-hydrogen) atoms. The maximum Gasteiger partial charge on any atom is 0.240 e. The predicted molar refractivity (Wildman–Crippen MR) is 92.5 cm³/mol. The number of fused-ring (bicyclic) bond motifs is 1. The first-order chi connectivity index (χ1) is 11.8. The van der Waals surface area contributed by atoms with Crippen molar-refractivity contribution < 1.29 is 4.79 Å². The molecule has 0 radical (unpaired) electrons. The Kier molecular flexibility index (Phi) is 4.21. The monoisotopic (exact) mass is 325 g/mol. The van der Waals surface area contributed by atoms with Gasteiger partial charge in [0.25, 0.3) is 0 Å². The highest BCUT2D eigenvalue weighted by atomic mass is 16.2. The predicted octanol–water partition coefficient (Wildman–Crippen LogP) is 1.32. The Morgan fingerprint density at radius 1 is 1.25 bits per heavy atom. The lowest BCUT2D eigenvalue weighted by Crippen LogP contribution is -2.43. The number of hydrogen-bond acceptors (Lipinski definition) is 4. The molecule has 0 spiro atoms. The van der Waals surface area contributed by atoms with Gasteiger partial charge in [-0.25, -0.2) is 4.68 Å². The van der Waals surface area contributed by atoms with Crippen LogP contribution in [0.1, 0.15) is 12.0 Å². The van der Waals surface area contributed by atoms with E-state index in [4.69, 9.17) is 0 Å². The molecule has 126 valence electrons. The lowest BCUT2D eigenvalue weighted by molar-refractivity contribution is -0.129. The second-order valence-corrected chi connectivity index (χ2v) is 6.64. The van der Waals surface area contributed by atoms with Gasteiger partial charge in [-0.1, -0.05) is 30.3 Å². The second kappa shape index (κ2) is 6.65. The minimum absolute atomic E-state index is 0.0484. The fourth-order valence-electron chi connectivity index (χ4n) is 3.52. The minimum atomic E-state index is -0.0484. The highest BCUT2D eigenvalue weighted by molar-refractivity contribution is 5.83. The summed E-state index contributed by atoms with van der Waals surface area (Å²) in [6, 6.07) is 12.1. The maximum atomic E-state index is 12.6. The zero-order chi connectivity index (χ0) is 16.4. The molecular weight excluding hydrogens is 302 g/mol. The summed E-state index contributed by atoms with van der Waals surface area (Å²) in [6.07, 6.45) is 2.71. The molecule has 2 aliphatic rings. The molecule has 1 aromatic carbocycles. The summed E-state index contributed by atoms with van der Waals surface area (Å²) in [5, 5.41) is 11.2. The molecule has 0 bridgehead atoms. The smallest absolute Gasteiger partial charge is 0.240 e. The highest BCUT2D eigenvalue weighted by Crippen LogP contribution is 2.18. The molecule has 2 atom stereocenters. The largest absolute Gasteiger partial charge is 0.370 e. The number of carbonyl (C=O) groups is 1. The number of carbonyl (C=O) groups excluding carboxylic acids is 1. The Balaban J connectivity index is 1.28. The maximum absolute atomic E-state index is 12.6. The summed E-state index contributed by atoms with van der Waals surface area (Å²) in [6.45, 7) is 4.20. The topological polar surface area (TPSA) is 62.2 Å². The van der Waals surface area contributed by atoms with Crippen LogP contribution in [0.3, 0.4) is 0 Å². The summed E-state index contributed by atoms with van der Waals surface area (Å²) < 4.78 is 1.99. The SMILES string of the molecule is O=C1[C@@H](NC[C@H]2CNc3ccnn3C2)CCN1Cc1ccccc1. The zero-order valence-electron chi connectivity index (χ0n) is 13.7. The van der Waals surface area contributed by atoms with E-state index >= 15 is 0 Å². The fraction of sp³-hybridized carbons (Fsp3) is 0.444. The lowest BCUT2D eigenvalue weighted by atomic mass is 10.1. The fourth-order valence-corrected chi connectivity index (χ4v) is 3.52. The van der Waals surface area contributed by atoms with Crippen LogP contribution in [0.15, 0.2) is 42.6 Å². The number of hydrogen-bond donors (Lipinski definition) is 2. The van der Waals surface area contributed by atoms with Crippen LogP contribution < -0.4 is 10.6 Å². The van der Waals surface area contributed by atoms with E-state index in [2.05, 4.69) is 27.9 Å². The van der Waals surface area contributed by atoms with Crippen LogP contribution in [0.5, 0.6) is 0 Å². The number of rotatable bonds is 5. The number of likely N-dealkylation sites (tertiary alicyclic amines) is 1. The number of anilines is 1. The van der Waals surface area contributed by atoms with Crippen molar-refractivity contribution in [2.24, 2.45) is 5.92 Å². The summed E-state index contributed by atoms with van der Waals surface area (Å²) >= 11 is 0. The van der Waals surface area contributed by atoms with Gasteiger partial charge < -0.3 is 15.5 Å². The molecule has 2 aromatic rings. The van der Waals surface area contributed by atoms with Gasteiger partial charge in [0.05, 0.1) is 12.2 Å². The molecule has 0 unspecified atom stereocenters. The number of nitrogens with zero attached hydrogens (tertiary/aromatic N) is 3. The average Bonchev–Trinajstić information content (AvgIpc) is 3.21. The van der Waals surface area contributed by atoms with Gasteiger partial charge in [0.15, 0.2) is 0 Å². The molecule has 0 aliphatic carbocycles. The van der Waals surface area contributed by atoms with Crippen molar-refractivity contribution in [2.75, 3.05) is 25.0 Å². The van der Waals surface area contributed by atoms with Crippen molar-refractivity contribution in [1.29, 1.82) is 0 Å². The van der Waals surface area contributed by atoms with E-state index in [0.717, 1.165) is 38.4 Å². The molecule has 0 saturated carbocycles. The molecule has 1 fully saturated rings. The summed E-state index contributed by atoms with van der Waals surface area (Å²) in [7, 11) is 0. The molecule has 4 rings (SSSR count). The highest BCUT2D eigenvalue weighted by Gasteiger charge is 2.31. The molecule has 2 N–H and O–H groups in total. The van der Waals surface area contributed by atoms with Crippen LogP contribution in [0.2, 0.25) is 0 Å². The van der Waals surface area contributed by atoms with Crippen LogP contribution in [-0.2, 0) is 17.9 Å². The number of benzene rings is 1. The Morgan fingerprint density at radius 2 is 2.12 bits per heavy atom. The molecule has 1 aromatic heterocycles. The molecule has 6 nitrogen and oxygen atoms in total. The standard InChI is InChI=1S/C18H23N5O/c24-18-16(7-9-22(18)12-14-4-2-1-3-5-14)19-10-15-11-20-17-6-8-21-23(17)13-15/h1-6,8,15-16,19-20H,7,9-13H2/t15-,16-/m0/s1. The van der Waals surface area contributed by atoms with Crippen molar-refractivity contribution >= 4 is 11.7 Å². The third-order valence-corrected chi connectivity index (χ3v) is 4.89. The van der Waals surface area contributed by atoms with Gasteiger partial charge in [0, 0.05) is 44.7 Å². The van der Waals surface area contributed by atoms with Crippen LogP contribution in [0, 0.1) is 5.92 Å². The number of nitrogens with one attached hydrogen (secondary N) is 2. The molecule has 1 saturated heterocycles. The van der Waals surface area contributed by atoms with Crippen molar-refractivity contribution in [3.63, 3.8) is 0 Å². The van der Waals surface area contributed by atoms with Crippen molar-refractivity contribution in [3.8, 4) is 0 Å². The molecule has 6 heteroatoms. The van der Waals surface area contributed by atoms with Crippen LogP contribution >= 0.6 is 0 Å². The van der Waals surface area contributed by atoms with Gasteiger partial charge in [0.1, 0.15) is 5.82 Å². The zero-order valence-corrected chi connectivity index (χ0v) is 13.7. The first-order valence-corrected chi connectivity index (χ1v) is 8.61. The van der Waals surface area contributed by atoms with E-state index in [1.165, 1.54) is 5.56 Å². The van der Waals surface area contributed by atoms with E-state index in [1.54, 1.807) is 0 Å². The van der Waals surface area contributed by atoms with Crippen molar-refractivity contribution in [1.82, 2.24) is 20.0 Å². The minimum Gasteiger partial charge on any atom is -0.370 e. The summed E-state index contributed by atoms with van der Waals surface area (Å²) in [5.74, 6) is 1.76. The van der Waals surface area contributed by atoms with Crippen molar-refractivity contribution in [3.05, 3.63) is 48.2 Å². The summed E-state index contributed by atoms with van der Waals surface area (Å²) in [5.41, 5.74) is 1.19.